The molecule has 0 aliphatic carbocycles. The van der Waals surface area contributed by atoms with Crippen molar-refractivity contribution in [2.24, 2.45) is 5.92 Å². The summed E-state index contributed by atoms with van der Waals surface area (Å²) < 4.78 is 20.3. The van der Waals surface area contributed by atoms with Crippen molar-refractivity contribution in [3.63, 3.8) is 0 Å². The van der Waals surface area contributed by atoms with Gasteiger partial charge in [0.15, 0.2) is 5.70 Å². The molecule has 1 aromatic rings. The lowest BCUT2D eigenvalue weighted by atomic mass is 9.91. The fraction of sp³-hybridized carbons (Fsp3) is 0.360. The lowest BCUT2D eigenvalue weighted by molar-refractivity contribution is 0.415. The van der Waals surface area contributed by atoms with Crippen LogP contribution in [0.2, 0.25) is 0 Å². The van der Waals surface area contributed by atoms with Crippen LogP contribution in [0.15, 0.2) is 66.2 Å². The van der Waals surface area contributed by atoms with E-state index in [4.69, 9.17) is 4.74 Å². The standard InChI is InChI=1S/C25H34N3O2S/c1-8-10-22(26-17-19(5)28-31(7,29)9-2)15-21-14-20-11-12-23(30-6)16-25(20)27-24(21)13-18(3)4/h8,10-12,16,18,27H,1,5,7,9,13-15H2,2-4,6H3,(H,28,29)/q+1/b22-10-. The van der Waals surface area contributed by atoms with Crippen LogP contribution < -0.4 is 14.8 Å². The van der Waals surface area contributed by atoms with E-state index < -0.39 is 9.71 Å². The van der Waals surface area contributed by atoms with Gasteiger partial charge in [0, 0.05) is 39.0 Å². The minimum atomic E-state index is -2.41. The predicted octanol–water partition coefficient (Wildman–Crippen LogP) is 5.51. The number of nitrogens with one attached hydrogen (secondary N) is 2. The zero-order valence-corrected chi connectivity index (χ0v) is 19.9. The highest BCUT2D eigenvalue weighted by atomic mass is 32.2. The van der Waals surface area contributed by atoms with Crippen molar-refractivity contribution in [3.8, 4) is 11.8 Å². The summed E-state index contributed by atoms with van der Waals surface area (Å²) in [6.45, 7) is 13.9. The van der Waals surface area contributed by atoms with Gasteiger partial charge in [0.25, 0.3) is 0 Å². The molecule has 6 heteroatoms. The zero-order valence-electron chi connectivity index (χ0n) is 19.1. The fourth-order valence-electron chi connectivity index (χ4n) is 3.26. The van der Waals surface area contributed by atoms with E-state index in [0.717, 1.165) is 30.0 Å². The van der Waals surface area contributed by atoms with Crippen molar-refractivity contribution in [3.05, 3.63) is 76.6 Å². The average Bonchev–Trinajstić information content (AvgIpc) is 2.71. The van der Waals surface area contributed by atoms with Crippen LogP contribution in [0.3, 0.4) is 0 Å². The second-order valence-electron chi connectivity index (χ2n) is 7.98. The number of allylic oxidation sites excluding steroid dienone is 5. The first-order valence-corrected chi connectivity index (χ1v) is 12.3. The molecule has 0 aromatic heterocycles. The maximum Gasteiger partial charge on any atom is 0.338 e. The van der Waals surface area contributed by atoms with Gasteiger partial charge in [-0.15, -0.1) is 0 Å². The Kier molecular flexibility index (Phi) is 8.58. The molecule has 2 rings (SSSR count). The van der Waals surface area contributed by atoms with Gasteiger partial charge in [-0.25, -0.2) is 4.21 Å². The van der Waals surface area contributed by atoms with Gasteiger partial charge in [0.2, 0.25) is 0 Å². The number of methoxy groups -OCH3 is 1. The normalized spacial score (nSPS) is 15.2. The van der Waals surface area contributed by atoms with Gasteiger partial charge in [-0.05, 0) is 46.7 Å². The van der Waals surface area contributed by atoms with Gasteiger partial charge < -0.3 is 14.8 Å². The molecule has 0 fully saturated rings. The summed E-state index contributed by atoms with van der Waals surface area (Å²) in [5, 5.41) is 3.61. The molecule has 0 amide bonds. The van der Waals surface area contributed by atoms with Gasteiger partial charge in [-0.1, -0.05) is 46.1 Å². The van der Waals surface area contributed by atoms with Gasteiger partial charge in [-0.3, -0.25) is 0 Å². The maximum absolute atomic E-state index is 12.1. The fourth-order valence-corrected chi connectivity index (χ4v) is 3.90. The molecule has 0 bridgehead atoms. The average molecular weight is 441 g/mol. The van der Waals surface area contributed by atoms with Crippen molar-refractivity contribution >= 4 is 21.3 Å². The molecule has 0 saturated carbocycles. The summed E-state index contributed by atoms with van der Waals surface area (Å²) in [5.41, 5.74) is 5.96. The highest BCUT2D eigenvalue weighted by Crippen LogP contribution is 2.35. The summed E-state index contributed by atoms with van der Waals surface area (Å²) >= 11 is 0. The molecule has 1 aliphatic rings. The smallest absolute Gasteiger partial charge is 0.338 e. The van der Waals surface area contributed by atoms with E-state index in [-0.39, 0.29) is 0 Å². The van der Waals surface area contributed by atoms with Crippen LogP contribution in [0.4, 0.5) is 5.69 Å². The summed E-state index contributed by atoms with van der Waals surface area (Å²) in [6, 6.07) is 8.98. The largest absolute Gasteiger partial charge is 0.497 e. The van der Waals surface area contributed by atoms with E-state index in [9.17, 15) is 4.21 Å². The number of ether oxygens (including phenoxy) is 1. The Morgan fingerprint density at radius 2 is 2.19 bits per heavy atom. The molecule has 1 heterocycles. The highest BCUT2D eigenvalue weighted by Gasteiger charge is 2.22. The van der Waals surface area contributed by atoms with E-state index in [1.807, 2.05) is 25.1 Å². The number of fused-ring (bicyclic) bond motifs is 1. The third kappa shape index (κ3) is 7.37. The minimum Gasteiger partial charge on any atom is -0.497 e. The molecule has 31 heavy (non-hydrogen) atoms. The highest BCUT2D eigenvalue weighted by molar-refractivity contribution is 7.98. The first-order valence-electron chi connectivity index (χ1n) is 10.4. The SMILES string of the molecule is C=C/C=C(/CC1=C(CC(C)C)Nc2cc(OC)ccc2C1)[N+]#CC(=C)NS(=C)(=O)CC. The van der Waals surface area contributed by atoms with Crippen LogP contribution >= 0.6 is 0 Å². The number of hydrogen-bond acceptors (Lipinski definition) is 3. The number of anilines is 1. The Bertz CT molecular complexity index is 1070. The molecule has 0 spiro atoms. The first-order chi connectivity index (χ1) is 14.7. The topological polar surface area (TPSA) is 54.7 Å². The molecular weight excluding hydrogens is 406 g/mol. The van der Waals surface area contributed by atoms with Crippen LogP contribution in [0.1, 0.15) is 39.2 Å². The van der Waals surface area contributed by atoms with Crippen LogP contribution in [0.5, 0.6) is 5.75 Å². The summed E-state index contributed by atoms with van der Waals surface area (Å²) in [5.74, 6) is 5.43. The zero-order chi connectivity index (χ0) is 23.0. The minimum absolute atomic E-state index is 0.354. The van der Waals surface area contributed by atoms with Crippen LogP contribution in [-0.4, -0.2) is 22.9 Å². The second-order valence-corrected chi connectivity index (χ2v) is 10.4. The Balaban J connectivity index is 2.30. The summed E-state index contributed by atoms with van der Waals surface area (Å²) in [7, 11) is -0.730. The lowest BCUT2D eigenvalue weighted by Crippen LogP contribution is -2.23. The van der Waals surface area contributed by atoms with E-state index in [0.29, 0.717) is 23.8 Å². The molecule has 0 saturated heterocycles. The van der Waals surface area contributed by atoms with E-state index in [1.54, 1.807) is 13.2 Å². The molecular formula is C25H34N3O2S+. The molecule has 1 atom stereocenters. The van der Waals surface area contributed by atoms with Crippen LogP contribution in [0.25, 0.3) is 4.85 Å². The van der Waals surface area contributed by atoms with Crippen molar-refractivity contribution < 1.29 is 8.95 Å². The monoisotopic (exact) mass is 440 g/mol. The Morgan fingerprint density at radius 3 is 2.81 bits per heavy atom. The lowest BCUT2D eigenvalue weighted by Gasteiger charge is -2.25. The van der Waals surface area contributed by atoms with Crippen molar-refractivity contribution in [1.29, 1.82) is 0 Å². The third-order valence-corrected chi connectivity index (χ3v) is 6.41. The molecule has 1 aromatic carbocycles. The maximum atomic E-state index is 12.1. The molecule has 0 radical (unpaired) electrons. The molecule has 1 aliphatic heterocycles. The van der Waals surface area contributed by atoms with Crippen LogP contribution in [-0.2, 0) is 16.1 Å². The van der Waals surface area contributed by atoms with Crippen LogP contribution in [0, 0.1) is 12.0 Å². The quantitative estimate of drug-likeness (QED) is 0.302. The third-order valence-electron chi connectivity index (χ3n) is 4.86. The molecule has 2 N–H and O–H groups in total. The Labute approximate surface area is 187 Å². The summed E-state index contributed by atoms with van der Waals surface area (Å²) in [6.07, 6.45) is 6.01. The van der Waals surface area contributed by atoms with E-state index in [2.05, 4.69) is 59.9 Å². The number of rotatable bonds is 9. The number of benzene rings is 1. The van der Waals surface area contributed by atoms with Crippen molar-refractivity contribution in [1.82, 2.24) is 4.72 Å². The number of hydrogen-bond donors (Lipinski definition) is 2. The molecule has 166 valence electrons. The van der Waals surface area contributed by atoms with Gasteiger partial charge in [-0.2, -0.15) is 0 Å². The number of nitrogens with zero attached hydrogens (tertiary/aromatic N) is 1. The first kappa shape index (κ1) is 24.4. The Morgan fingerprint density at radius 1 is 1.45 bits per heavy atom. The second kappa shape index (κ2) is 10.9. The van der Waals surface area contributed by atoms with Crippen molar-refractivity contribution in [2.75, 3.05) is 18.2 Å². The Hall–Kier alpha value is -2.91. The van der Waals surface area contributed by atoms with Gasteiger partial charge >= 0.3 is 11.8 Å². The van der Waals surface area contributed by atoms with E-state index in [1.165, 1.54) is 16.8 Å². The molecule has 5 nitrogen and oxygen atoms in total. The summed E-state index contributed by atoms with van der Waals surface area (Å²) in [4.78, 5) is 4.47. The predicted molar refractivity (Wildman–Crippen MR) is 135 cm³/mol. The van der Waals surface area contributed by atoms with Crippen molar-refractivity contribution in [2.45, 2.75) is 40.0 Å². The van der Waals surface area contributed by atoms with Gasteiger partial charge in [0.05, 0.1) is 13.5 Å². The van der Waals surface area contributed by atoms with Gasteiger partial charge in [0.1, 0.15) is 5.75 Å². The van der Waals surface area contributed by atoms with E-state index >= 15 is 0 Å². The molecule has 1 unspecified atom stereocenters.